The third-order valence-electron chi connectivity index (χ3n) is 4.52. The lowest BCUT2D eigenvalue weighted by Crippen LogP contribution is -2.55. The monoisotopic (exact) mass is 294 g/mol. The van der Waals surface area contributed by atoms with Gasteiger partial charge < -0.3 is 10.0 Å². The molecule has 0 radical (unpaired) electrons. The second-order valence-electron chi connectivity index (χ2n) is 5.75. The van der Waals surface area contributed by atoms with Gasteiger partial charge in [-0.1, -0.05) is 19.1 Å². The molecule has 1 unspecified atom stereocenters. The lowest BCUT2D eigenvalue weighted by molar-refractivity contribution is -0.141. The van der Waals surface area contributed by atoms with Gasteiger partial charge in [0.2, 0.25) is 0 Å². The average molecular weight is 294 g/mol. The summed E-state index contributed by atoms with van der Waals surface area (Å²) in [5.74, 6) is -1.11. The van der Waals surface area contributed by atoms with Crippen LogP contribution in [0.2, 0.25) is 0 Å². The van der Waals surface area contributed by atoms with Crippen LogP contribution in [0.1, 0.15) is 25.3 Å². The Bertz CT molecular complexity index is 484. The average Bonchev–Trinajstić information content (AvgIpc) is 2.46. The number of carbonyl (C=O) groups is 1. The number of benzene rings is 1. The zero-order valence-corrected chi connectivity index (χ0v) is 12.7. The van der Waals surface area contributed by atoms with Gasteiger partial charge in [0.05, 0.1) is 12.0 Å². The highest BCUT2D eigenvalue weighted by molar-refractivity contribution is 5.69. The molecule has 1 aromatic rings. The van der Waals surface area contributed by atoms with E-state index < -0.39 is 11.5 Å². The van der Waals surface area contributed by atoms with Crippen LogP contribution in [-0.2, 0) is 10.3 Å². The Labute approximate surface area is 125 Å². The quantitative estimate of drug-likeness (QED) is 0.904. The first-order chi connectivity index (χ1) is 9.98. The molecule has 0 spiro atoms. The van der Waals surface area contributed by atoms with E-state index in [0.29, 0.717) is 6.42 Å². The molecule has 116 valence electrons. The van der Waals surface area contributed by atoms with Crippen LogP contribution in [0.4, 0.5) is 4.39 Å². The van der Waals surface area contributed by atoms with Crippen molar-refractivity contribution in [3.63, 3.8) is 0 Å². The number of carboxylic acids is 1. The van der Waals surface area contributed by atoms with E-state index >= 15 is 0 Å². The lowest BCUT2D eigenvalue weighted by atomic mass is 9.81. The molecule has 0 aromatic heterocycles. The Morgan fingerprint density at radius 3 is 2.29 bits per heavy atom. The fourth-order valence-electron chi connectivity index (χ4n) is 3.19. The van der Waals surface area contributed by atoms with E-state index in [9.17, 15) is 14.3 Å². The van der Waals surface area contributed by atoms with Gasteiger partial charge in [-0.3, -0.25) is 9.69 Å². The molecular weight excluding hydrogens is 271 g/mol. The Morgan fingerprint density at radius 2 is 1.81 bits per heavy atom. The molecule has 1 fully saturated rings. The number of carboxylic acid groups (broad SMARTS) is 1. The van der Waals surface area contributed by atoms with Crippen molar-refractivity contribution < 1.29 is 14.3 Å². The first kappa shape index (κ1) is 15.9. The lowest BCUT2D eigenvalue weighted by Gasteiger charge is -2.47. The number of nitrogens with zero attached hydrogens (tertiary/aromatic N) is 2. The first-order valence-electron chi connectivity index (χ1n) is 7.39. The van der Waals surface area contributed by atoms with Gasteiger partial charge in [-0.2, -0.15) is 0 Å². The molecule has 1 aromatic carbocycles. The molecule has 21 heavy (non-hydrogen) atoms. The van der Waals surface area contributed by atoms with Crippen LogP contribution in [0, 0.1) is 5.82 Å². The molecule has 1 N–H and O–H groups in total. The number of hydrogen-bond acceptors (Lipinski definition) is 3. The SMILES string of the molecule is CCC(CC(=O)O)(c1ccc(F)cc1)N1CCN(C)CC1. The second-order valence-corrected chi connectivity index (χ2v) is 5.75. The van der Waals surface area contributed by atoms with E-state index in [-0.39, 0.29) is 12.2 Å². The van der Waals surface area contributed by atoms with Crippen molar-refractivity contribution in [1.29, 1.82) is 0 Å². The molecule has 1 aliphatic rings. The Balaban J connectivity index is 2.37. The summed E-state index contributed by atoms with van der Waals surface area (Å²) in [6.07, 6.45) is 0.730. The maximum Gasteiger partial charge on any atom is 0.305 e. The van der Waals surface area contributed by atoms with E-state index in [1.807, 2.05) is 6.92 Å². The largest absolute Gasteiger partial charge is 0.481 e. The minimum Gasteiger partial charge on any atom is -0.481 e. The molecule has 0 saturated carbocycles. The summed E-state index contributed by atoms with van der Waals surface area (Å²) in [6.45, 7) is 5.50. The zero-order valence-electron chi connectivity index (χ0n) is 12.7. The molecule has 0 amide bonds. The molecule has 0 bridgehead atoms. The van der Waals surface area contributed by atoms with Crippen LogP contribution in [0.5, 0.6) is 0 Å². The number of aliphatic carboxylic acids is 1. The van der Waals surface area contributed by atoms with Gasteiger partial charge in [0, 0.05) is 26.2 Å². The van der Waals surface area contributed by atoms with Crippen molar-refractivity contribution >= 4 is 5.97 Å². The van der Waals surface area contributed by atoms with Gasteiger partial charge in [0.1, 0.15) is 5.82 Å². The standard InChI is InChI=1S/C16H23FN2O2/c1-3-16(12-15(20)21,13-4-6-14(17)7-5-13)19-10-8-18(2)9-11-19/h4-7H,3,8-12H2,1-2H3,(H,20,21). The number of likely N-dealkylation sites (N-methyl/N-ethyl adjacent to an activating group) is 1. The van der Waals surface area contributed by atoms with E-state index in [0.717, 1.165) is 31.7 Å². The van der Waals surface area contributed by atoms with Gasteiger partial charge in [-0.25, -0.2) is 4.39 Å². The summed E-state index contributed by atoms with van der Waals surface area (Å²) in [7, 11) is 2.07. The Morgan fingerprint density at radius 1 is 1.24 bits per heavy atom. The molecule has 1 heterocycles. The Hall–Kier alpha value is -1.46. The predicted octanol–water partition coefficient (Wildman–Crippen LogP) is 2.15. The summed E-state index contributed by atoms with van der Waals surface area (Å²) in [4.78, 5) is 15.9. The number of hydrogen-bond donors (Lipinski definition) is 1. The highest BCUT2D eigenvalue weighted by Gasteiger charge is 2.40. The van der Waals surface area contributed by atoms with Crippen molar-refractivity contribution in [3.8, 4) is 0 Å². The smallest absolute Gasteiger partial charge is 0.305 e. The molecule has 1 aliphatic heterocycles. The number of halogens is 1. The van der Waals surface area contributed by atoms with Gasteiger partial charge >= 0.3 is 5.97 Å². The summed E-state index contributed by atoms with van der Waals surface area (Å²) >= 11 is 0. The predicted molar refractivity (Wildman–Crippen MR) is 79.7 cm³/mol. The fourth-order valence-corrected chi connectivity index (χ4v) is 3.19. The molecule has 5 heteroatoms. The molecule has 4 nitrogen and oxygen atoms in total. The van der Waals surface area contributed by atoms with Crippen LogP contribution >= 0.6 is 0 Å². The Kier molecular flexibility index (Phi) is 4.96. The fraction of sp³-hybridized carbons (Fsp3) is 0.562. The van der Waals surface area contributed by atoms with Crippen molar-refractivity contribution in [2.24, 2.45) is 0 Å². The van der Waals surface area contributed by atoms with E-state index in [1.165, 1.54) is 12.1 Å². The van der Waals surface area contributed by atoms with Gasteiger partial charge in [0.25, 0.3) is 0 Å². The van der Waals surface area contributed by atoms with Crippen LogP contribution in [0.3, 0.4) is 0 Å². The van der Waals surface area contributed by atoms with Gasteiger partial charge in [-0.15, -0.1) is 0 Å². The molecule has 2 rings (SSSR count). The summed E-state index contributed by atoms with van der Waals surface area (Å²) in [5, 5.41) is 9.37. The molecular formula is C16H23FN2O2. The summed E-state index contributed by atoms with van der Waals surface area (Å²) in [6, 6.07) is 6.27. The topological polar surface area (TPSA) is 43.8 Å². The first-order valence-corrected chi connectivity index (χ1v) is 7.39. The summed E-state index contributed by atoms with van der Waals surface area (Å²) < 4.78 is 13.2. The molecule has 0 aliphatic carbocycles. The zero-order chi connectivity index (χ0) is 15.5. The minimum absolute atomic E-state index is 0.0405. The van der Waals surface area contributed by atoms with Crippen molar-refractivity contribution in [2.45, 2.75) is 25.3 Å². The van der Waals surface area contributed by atoms with Crippen LogP contribution in [-0.4, -0.2) is 54.1 Å². The highest BCUT2D eigenvalue weighted by Crippen LogP contribution is 2.36. The number of rotatable bonds is 5. The highest BCUT2D eigenvalue weighted by atomic mass is 19.1. The summed E-state index contributed by atoms with van der Waals surface area (Å²) in [5.41, 5.74) is 0.333. The molecule has 1 saturated heterocycles. The van der Waals surface area contributed by atoms with Gasteiger partial charge in [0.15, 0.2) is 0 Å². The van der Waals surface area contributed by atoms with Crippen molar-refractivity contribution in [2.75, 3.05) is 33.2 Å². The van der Waals surface area contributed by atoms with Crippen LogP contribution in [0.25, 0.3) is 0 Å². The normalized spacial score (nSPS) is 20.1. The third-order valence-corrected chi connectivity index (χ3v) is 4.52. The van der Waals surface area contributed by atoms with Crippen molar-refractivity contribution in [3.05, 3.63) is 35.6 Å². The maximum atomic E-state index is 13.2. The third kappa shape index (κ3) is 3.41. The minimum atomic E-state index is -0.819. The number of piperazine rings is 1. The van der Waals surface area contributed by atoms with E-state index in [1.54, 1.807) is 12.1 Å². The van der Waals surface area contributed by atoms with E-state index in [2.05, 4.69) is 16.8 Å². The van der Waals surface area contributed by atoms with Crippen molar-refractivity contribution in [1.82, 2.24) is 9.80 Å². The van der Waals surface area contributed by atoms with Gasteiger partial charge in [-0.05, 0) is 31.2 Å². The van der Waals surface area contributed by atoms with Crippen LogP contribution in [0.15, 0.2) is 24.3 Å². The second kappa shape index (κ2) is 6.54. The maximum absolute atomic E-state index is 13.2. The molecule has 1 atom stereocenters. The van der Waals surface area contributed by atoms with Crippen LogP contribution < -0.4 is 0 Å². The van der Waals surface area contributed by atoms with E-state index in [4.69, 9.17) is 0 Å².